The molecule has 1 rings (SSSR count). The van der Waals surface area contributed by atoms with Crippen LogP contribution in [0.25, 0.3) is 0 Å². The Morgan fingerprint density at radius 3 is 2.40 bits per heavy atom. The maximum absolute atomic E-state index is 9.67. The number of rotatable bonds is 3. The van der Waals surface area contributed by atoms with Gasteiger partial charge in [0.1, 0.15) is 30.5 Å². The first kappa shape index (κ1) is 12.8. The van der Waals surface area contributed by atoms with Gasteiger partial charge < -0.3 is 29.9 Å². The minimum absolute atomic E-state index is 0.459. The molecule has 6 nitrogen and oxygen atoms in total. The summed E-state index contributed by atoms with van der Waals surface area (Å²) >= 11 is 0. The predicted molar refractivity (Wildman–Crippen MR) is 50.2 cm³/mol. The van der Waals surface area contributed by atoms with Gasteiger partial charge in [-0.2, -0.15) is 0 Å². The standard InChI is InChI=1S/C9H18O6/c1-4-8(14-2)6(12)7(13)9(15-4)5(11)3-10/h4-13H,3H2,1-2H3/t4?,5-,6?,7+,8?,9?/m1/s1. The summed E-state index contributed by atoms with van der Waals surface area (Å²) in [6, 6.07) is 0. The quantitative estimate of drug-likeness (QED) is 0.435. The molecule has 6 atom stereocenters. The molecular formula is C9H18O6. The summed E-state index contributed by atoms with van der Waals surface area (Å²) in [5.41, 5.74) is 0. The molecule has 6 heteroatoms. The first-order chi connectivity index (χ1) is 7.02. The van der Waals surface area contributed by atoms with Crippen LogP contribution in [0, 0.1) is 0 Å². The van der Waals surface area contributed by atoms with E-state index < -0.39 is 43.2 Å². The highest BCUT2D eigenvalue weighted by atomic mass is 16.6. The molecule has 1 heterocycles. The Morgan fingerprint density at radius 2 is 1.93 bits per heavy atom. The van der Waals surface area contributed by atoms with Crippen LogP contribution < -0.4 is 0 Å². The van der Waals surface area contributed by atoms with Gasteiger partial charge >= 0.3 is 0 Å². The second kappa shape index (κ2) is 5.20. The minimum Gasteiger partial charge on any atom is -0.394 e. The fourth-order valence-electron chi connectivity index (χ4n) is 1.83. The van der Waals surface area contributed by atoms with E-state index in [1.54, 1.807) is 6.92 Å². The Kier molecular flexibility index (Phi) is 4.45. The highest BCUT2D eigenvalue weighted by molar-refractivity contribution is 4.94. The Balaban J connectivity index is 2.72. The molecular weight excluding hydrogens is 204 g/mol. The third kappa shape index (κ3) is 2.47. The van der Waals surface area contributed by atoms with E-state index >= 15 is 0 Å². The van der Waals surface area contributed by atoms with Crippen LogP contribution in [-0.2, 0) is 9.47 Å². The van der Waals surface area contributed by atoms with Crippen molar-refractivity contribution >= 4 is 0 Å². The smallest absolute Gasteiger partial charge is 0.115 e. The summed E-state index contributed by atoms with van der Waals surface area (Å²) in [7, 11) is 1.41. The van der Waals surface area contributed by atoms with E-state index in [4.69, 9.17) is 14.6 Å². The molecule has 1 aliphatic heterocycles. The van der Waals surface area contributed by atoms with Crippen molar-refractivity contribution < 1.29 is 29.9 Å². The van der Waals surface area contributed by atoms with Crippen LogP contribution in [0.4, 0.5) is 0 Å². The predicted octanol–water partition coefficient (Wildman–Crippen LogP) is -2.14. The normalized spacial score (nSPS) is 44.0. The highest BCUT2D eigenvalue weighted by Crippen LogP contribution is 2.24. The molecule has 4 unspecified atom stereocenters. The topological polar surface area (TPSA) is 99.4 Å². The number of hydrogen-bond acceptors (Lipinski definition) is 6. The average molecular weight is 222 g/mol. The van der Waals surface area contributed by atoms with Crippen LogP contribution in [0.3, 0.4) is 0 Å². The summed E-state index contributed by atoms with van der Waals surface area (Å²) in [6.07, 6.45) is -5.71. The maximum atomic E-state index is 9.67. The second-order valence-corrected chi connectivity index (χ2v) is 3.74. The van der Waals surface area contributed by atoms with E-state index in [9.17, 15) is 15.3 Å². The second-order valence-electron chi connectivity index (χ2n) is 3.74. The van der Waals surface area contributed by atoms with Crippen molar-refractivity contribution in [2.45, 2.75) is 43.5 Å². The van der Waals surface area contributed by atoms with Crippen molar-refractivity contribution in [3.8, 4) is 0 Å². The largest absolute Gasteiger partial charge is 0.394 e. The molecule has 0 bridgehead atoms. The zero-order valence-electron chi connectivity index (χ0n) is 8.78. The molecule has 1 aliphatic rings. The first-order valence-electron chi connectivity index (χ1n) is 4.86. The number of aliphatic hydroxyl groups is 4. The van der Waals surface area contributed by atoms with Gasteiger partial charge in [-0.3, -0.25) is 0 Å². The first-order valence-corrected chi connectivity index (χ1v) is 4.86. The van der Waals surface area contributed by atoms with Crippen LogP contribution in [0.1, 0.15) is 6.92 Å². The van der Waals surface area contributed by atoms with E-state index in [1.807, 2.05) is 0 Å². The lowest BCUT2D eigenvalue weighted by Gasteiger charge is -2.42. The molecule has 0 aromatic rings. The fourth-order valence-corrected chi connectivity index (χ4v) is 1.83. The summed E-state index contributed by atoms with van der Waals surface area (Å²) in [4.78, 5) is 0. The maximum Gasteiger partial charge on any atom is 0.115 e. The van der Waals surface area contributed by atoms with Gasteiger partial charge in [0.05, 0.1) is 12.7 Å². The van der Waals surface area contributed by atoms with Crippen molar-refractivity contribution in [1.29, 1.82) is 0 Å². The monoisotopic (exact) mass is 222 g/mol. The fraction of sp³-hybridized carbons (Fsp3) is 1.00. The molecule has 90 valence electrons. The van der Waals surface area contributed by atoms with Crippen LogP contribution >= 0.6 is 0 Å². The van der Waals surface area contributed by atoms with Crippen LogP contribution in [0.2, 0.25) is 0 Å². The molecule has 0 radical (unpaired) electrons. The van der Waals surface area contributed by atoms with Gasteiger partial charge in [-0.1, -0.05) is 0 Å². The van der Waals surface area contributed by atoms with E-state index in [0.29, 0.717) is 0 Å². The van der Waals surface area contributed by atoms with Crippen LogP contribution in [-0.4, -0.2) is 70.8 Å². The molecule has 0 spiro atoms. The number of hydrogen-bond donors (Lipinski definition) is 4. The van der Waals surface area contributed by atoms with Crippen molar-refractivity contribution in [2.24, 2.45) is 0 Å². The Morgan fingerprint density at radius 1 is 1.33 bits per heavy atom. The van der Waals surface area contributed by atoms with Crippen molar-refractivity contribution in [3.63, 3.8) is 0 Å². The van der Waals surface area contributed by atoms with Crippen molar-refractivity contribution in [1.82, 2.24) is 0 Å². The molecule has 0 saturated carbocycles. The summed E-state index contributed by atoms with van der Waals surface area (Å²) < 4.78 is 10.2. The zero-order valence-corrected chi connectivity index (χ0v) is 8.78. The van der Waals surface area contributed by atoms with Gasteiger partial charge in [-0.15, -0.1) is 0 Å². The molecule has 1 fully saturated rings. The summed E-state index contributed by atoms with van der Waals surface area (Å²) in [6.45, 7) is 1.14. The molecule has 0 aromatic carbocycles. The SMILES string of the molecule is COC1C(C)OC([C@H](O)CO)[C@@H](O)C1O. The Labute approximate surface area is 88.1 Å². The highest BCUT2D eigenvalue weighted by Gasteiger charge is 2.45. The zero-order chi connectivity index (χ0) is 11.6. The number of methoxy groups -OCH3 is 1. The Bertz CT molecular complexity index is 199. The van der Waals surface area contributed by atoms with Gasteiger partial charge in [0.15, 0.2) is 0 Å². The lowest BCUT2D eigenvalue weighted by molar-refractivity contribution is -0.246. The van der Waals surface area contributed by atoms with E-state index in [2.05, 4.69) is 0 Å². The average Bonchev–Trinajstić information content (AvgIpc) is 2.23. The molecule has 4 N–H and O–H groups in total. The van der Waals surface area contributed by atoms with E-state index in [0.717, 1.165) is 0 Å². The minimum atomic E-state index is -1.27. The number of ether oxygens (including phenoxy) is 2. The van der Waals surface area contributed by atoms with Gasteiger partial charge in [-0.25, -0.2) is 0 Å². The lowest BCUT2D eigenvalue weighted by atomic mass is 9.93. The molecule has 15 heavy (non-hydrogen) atoms. The molecule has 0 amide bonds. The van der Waals surface area contributed by atoms with E-state index in [-0.39, 0.29) is 0 Å². The van der Waals surface area contributed by atoms with Crippen molar-refractivity contribution in [3.05, 3.63) is 0 Å². The third-order valence-corrected chi connectivity index (χ3v) is 2.70. The van der Waals surface area contributed by atoms with Crippen LogP contribution in [0.5, 0.6) is 0 Å². The molecule has 1 saturated heterocycles. The molecule has 0 aliphatic carbocycles. The van der Waals surface area contributed by atoms with Gasteiger partial charge in [0, 0.05) is 7.11 Å². The van der Waals surface area contributed by atoms with Crippen LogP contribution in [0.15, 0.2) is 0 Å². The third-order valence-electron chi connectivity index (χ3n) is 2.70. The summed E-state index contributed by atoms with van der Waals surface area (Å²) in [5.74, 6) is 0. The summed E-state index contributed by atoms with van der Waals surface area (Å²) in [5, 5.41) is 37.4. The molecule has 0 aromatic heterocycles. The van der Waals surface area contributed by atoms with E-state index in [1.165, 1.54) is 7.11 Å². The Hall–Kier alpha value is -0.240. The number of aliphatic hydroxyl groups excluding tert-OH is 4. The van der Waals surface area contributed by atoms with Gasteiger partial charge in [-0.05, 0) is 6.92 Å². The lowest BCUT2D eigenvalue weighted by Crippen LogP contribution is -2.60. The van der Waals surface area contributed by atoms with Gasteiger partial charge in [0.2, 0.25) is 0 Å². The van der Waals surface area contributed by atoms with Crippen molar-refractivity contribution in [2.75, 3.05) is 13.7 Å². The van der Waals surface area contributed by atoms with Gasteiger partial charge in [0.25, 0.3) is 0 Å².